The molecule has 1 aromatic rings. The van der Waals surface area contributed by atoms with Crippen LogP contribution >= 0.6 is 0 Å². The van der Waals surface area contributed by atoms with E-state index < -0.39 is 16.0 Å². The van der Waals surface area contributed by atoms with Gasteiger partial charge in [-0.2, -0.15) is 4.31 Å². The molecule has 7 nitrogen and oxygen atoms in total. The van der Waals surface area contributed by atoms with Crippen molar-refractivity contribution in [2.45, 2.75) is 30.6 Å². The molecule has 2 fully saturated rings. The summed E-state index contributed by atoms with van der Waals surface area (Å²) in [6.45, 7) is 2.07. The molecule has 0 N–H and O–H groups in total. The van der Waals surface area contributed by atoms with Crippen molar-refractivity contribution in [3.8, 4) is 0 Å². The number of amides is 1. The third-order valence-electron chi connectivity index (χ3n) is 4.56. The first-order chi connectivity index (χ1) is 12.0. The molecule has 0 saturated carbocycles. The minimum atomic E-state index is -3.59. The van der Waals surface area contributed by atoms with Gasteiger partial charge in [0.05, 0.1) is 10.5 Å². The summed E-state index contributed by atoms with van der Waals surface area (Å²) in [6.07, 6.45) is 3.63. The lowest BCUT2D eigenvalue weighted by atomic mass is 10.2. The van der Waals surface area contributed by atoms with Crippen LogP contribution in [0.5, 0.6) is 0 Å². The van der Waals surface area contributed by atoms with E-state index in [4.69, 9.17) is 4.74 Å². The quantitative estimate of drug-likeness (QED) is 0.733. The Bertz CT molecular complexity index is 750. The number of esters is 1. The second-order valence-corrected chi connectivity index (χ2v) is 8.24. The van der Waals surface area contributed by atoms with Crippen molar-refractivity contribution >= 4 is 21.9 Å². The molecular weight excluding hydrogens is 344 g/mol. The molecule has 0 atom stereocenters. The molecule has 2 aliphatic rings. The van der Waals surface area contributed by atoms with Crippen LogP contribution in [0.15, 0.2) is 29.2 Å². The Balaban J connectivity index is 1.66. The van der Waals surface area contributed by atoms with Crippen LogP contribution in [0.2, 0.25) is 0 Å². The summed E-state index contributed by atoms with van der Waals surface area (Å²) < 4.78 is 31.6. The molecule has 0 radical (unpaired) electrons. The number of hydrogen-bond donors (Lipinski definition) is 0. The number of carbonyl (C=O) groups excluding carboxylic acids is 2. The van der Waals surface area contributed by atoms with E-state index in [9.17, 15) is 18.0 Å². The fourth-order valence-electron chi connectivity index (χ4n) is 3.13. The summed E-state index contributed by atoms with van der Waals surface area (Å²) in [5, 5.41) is 0. The van der Waals surface area contributed by atoms with Crippen molar-refractivity contribution in [2.75, 3.05) is 32.8 Å². The summed E-state index contributed by atoms with van der Waals surface area (Å²) in [5.41, 5.74) is 0.134. The van der Waals surface area contributed by atoms with Crippen LogP contribution in [-0.4, -0.2) is 62.3 Å². The van der Waals surface area contributed by atoms with Crippen LogP contribution in [0.25, 0.3) is 0 Å². The highest BCUT2D eigenvalue weighted by Crippen LogP contribution is 2.21. The van der Waals surface area contributed by atoms with Gasteiger partial charge in [0, 0.05) is 26.2 Å². The van der Waals surface area contributed by atoms with E-state index in [1.165, 1.54) is 28.6 Å². The molecule has 8 heteroatoms. The monoisotopic (exact) mass is 366 g/mol. The van der Waals surface area contributed by atoms with Crippen molar-refractivity contribution in [3.63, 3.8) is 0 Å². The molecule has 0 bridgehead atoms. The number of benzene rings is 1. The lowest BCUT2D eigenvalue weighted by Crippen LogP contribution is -2.32. The highest BCUT2D eigenvalue weighted by atomic mass is 32.2. The highest BCUT2D eigenvalue weighted by molar-refractivity contribution is 7.89. The third-order valence-corrected chi connectivity index (χ3v) is 6.45. The van der Waals surface area contributed by atoms with Gasteiger partial charge in [-0.05, 0) is 43.9 Å². The molecule has 25 heavy (non-hydrogen) atoms. The molecule has 0 aliphatic carbocycles. The van der Waals surface area contributed by atoms with E-state index in [0.717, 1.165) is 25.7 Å². The first-order valence-electron chi connectivity index (χ1n) is 8.53. The molecule has 136 valence electrons. The lowest BCUT2D eigenvalue weighted by molar-refractivity contribution is -0.133. The van der Waals surface area contributed by atoms with Crippen molar-refractivity contribution in [2.24, 2.45) is 0 Å². The van der Waals surface area contributed by atoms with Gasteiger partial charge in [0.2, 0.25) is 10.0 Å². The second-order valence-electron chi connectivity index (χ2n) is 6.30. The minimum absolute atomic E-state index is 0.0784. The first kappa shape index (κ1) is 17.9. The van der Waals surface area contributed by atoms with Gasteiger partial charge < -0.3 is 9.64 Å². The third kappa shape index (κ3) is 4.01. The average Bonchev–Trinajstić information content (AvgIpc) is 3.33. The Morgan fingerprint density at radius 3 is 2.32 bits per heavy atom. The van der Waals surface area contributed by atoms with Gasteiger partial charge in [-0.15, -0.1) is 0 Å². The van der Waals surface area contributed by atoms with Gasteiger partial charge in [0.25, 0.3) is 5.91 Å². The fourth-order valence-corrected chi connectivity index (χ4v) is 4.69. The zero-order valence-corrected chi connectivity index (χ0v) is 14.8. The van der Waals surface area contributed by atoms with Crippen molar-refractivity contribution in [3.05, 3.63) is 29.8 Å². The number of ether oxygens (including phenoxy) is 1. The number of likely N-dealkylation sites (tertiary alicyclic amines) is 1. The largest absolute Gasteiger partial charge is 0.452 e. The van der Waals surface area contributed by atoms with E-state index in [0.29, 0.717) is 26.2 Å². The van der Waals surface area contributed by atoms with Crippen LogP contribution < -0.4 is 0 Å². The maximum atomic E-state index is 12.6. The Labute approximate surface area is 147 Å². The number of hydrogen-bond acceptors (Lipinski definition) is 5. The predicted molar refractivity (Wildman–Crippen MR) is 90.5 cm³/mol. The number of sulfonamides is 1. The highest BCUT2D eigenvalue weighted by Gasteiger charge is 2.28. The molecule has 2 aliphatic heterocycles. The van der Waals surface area contributed by atoms with Crippen LogP contribution in [0, 0.1) is 0 Å². The van der Waals surface area contributed by atoms with E-state index in [1.807, 2.05) is 0 Å². The van der Waals surface area contributed by atoms with E-state index >= 15 is 0 Å². The molecule has 0 aromatic heterocycles. The van der Waals surface area contributed by atoms with E-state index in [2.05, 4.69) is 0 Å². The molecular formula is C17H22N2O5S. The van der Waals surface area contributed by atoms with E-state index in [-0.39, 0.29) is 23.0 Å². The van der Waals surface area contributed by atoms with Gasteiger partial charge >= 0.3 is 5.97 Å². The standard InChI is InChI=1S/C17H22N2O5S/c20-16(18-8-1-2-9-18)13-24-17(21)14-6-5-7-15(12-14)25(22,23)19-10-3-4-11-19/h5-7,12H,1-4,8-11,13H2. The van der Waals surface area contributed by atoms with Gasteiger partial charge in [-0.25, -0.2) is 13.2 Å². The fraction of sp³-hybridized carbons (Fsp3) is 0.529. The maximum absolute atomic E-state index is 12.6. The van der Waals surface area contributed by atoms with Crippen LogP contribution in [0.4, 0.5) is 0 Å². The van der Waals surface area contributed by atoms with Crippen LogP contribution in [0.3, 0.4) is 0 Å². The van der Waals surface area contributed by atoms with Crippen LogP contribution in [0.1, 0.15) is 36.0 Å². The van der Waals surface area contributed by atoms with E-state index in [1.54, 1.807) is 4.90 Å². The zero-order valence-electron chi connectivity index (χ0n) is 14.0. The van der Waals surface area contributed by atoms with Crippen molar-refractivity contribution in [1.82, 2.24) is 9.21 Å². The summed E-state index contributed by atoms with van der Waals surface area (Å²) in [7, 11) is -3.59. The minimum Gasteiger partial charge on any atom is -0.452 e. The lowest BCUT2D eigenvalue weighted by Gasteiger charge is -2.16. The number of rotatable bonds is 5. The summed E-state index contributed by atoms with van der Waals surface area (Å²) in [5.74, 6) is -0.905. The Kier molecular flexibility index (Phi) is 5.39. The second kappa shape index (κ2) is 7.53. The summed E-state index contributed by atoms with van der Waals surface area (Å²) >= 11 is 0. The van der Waals surface area contributed by atoms with Crippen molar-refractivity contribution in [1.29, 1.82) is 0 Å². The molecule has 1 aromatic carbocycles. The van der Waals surface area contributed by atoms with Gasteiger partial charge in [0.15, 0.2) is 6.61 Å². The SMILES string of the molecule is O=C(OCC(=O)N1CCCC1)c1cccc(S(=O)(=O)N2CCCC2)c1. The zero-order chi connectivity index (χ0) is 17.9. The molecule has 0 spiro atoms. The molecule has 0 unspecified atom stereocenters. The summed E-state index contributed by atoms with van der Waals surface area (Å²) in [4.78, 5) is 25.8. The summed E-state index contributed by atoms with van der Waals surface area (Å²) in [6, 6.07) is 5.80. The molecule has 2 saturated heterocycles. The topological polar surface area (TPSA) is 84.0 Å². The van der Waals surface area contributed by atoms with Gasteiger partial charge in [-0.1, -0.05) is 6.07 Å². The molecule has 1 amide bonds. The Morgan fingerprint density at radius 1 is 1.00 bits per heavy atom. The smallest absolute Gasteiger partial charge is 0.338 e. The maximum Gasteiger partial charge on any atom is 0.338 e. The number of carbonyl (C=O) groups is 2. The molecule has 3 rings (SSSR count). The molecule has 2 heterocycles. The number of nitrogens with zero attached hydrogens (tertiary/aromatic N) is 2. The Hall–Kier alpha value is -1.93. The van der Waals surface area contributed by atoms with Crippen molar-refractivity contribution < 1.29 is 22.7 Å². The van der Waals surface area contributed by atoms with Gasteiger partial charge in [0.1, 0.15) is 0 Å². The Morgan fingerprint density at radius 2 is 1.64 bits per heavy atom. The first-order valence-corrected chi connectivity index (χ1v) is 9.97. The van der Waals surface area contributed by atoms with Crippen LogP contribution in [-0.2, 0) is 19.6 Å². The average molecular weight is 366 g/mol. The predicted octanol–water partition coefficient (Wildman–Crippen LogP) is 1.25. The normalized spacial score (nSPS) is 18.5. The van der Waals surface area contributed by atoms with Gasteiger partial charge in [-0.3, -0.25) is 4.79 Å².